The minimum atomic E-state index is -0.357. The maximum atomic E-state index is 10.9. The van der Waals surface area contributed by atoms with E-state index in [1.807, 2.05) is 30.5 Å². The number of para-hydroxylation sites is 1. The molecule has 0 aliphatic rings. The number of nitro groups is 1. The van der Waals surface area contributed by atoms with E-state index in [1.165, 1.54) is 6.07 Å². The number of nitro benzene ring substituents is 1. The predicted molar refractivity (Wildman–Crippen MR) is 69.5 cm³/mol. The molecule has 1 N–H and O–H groups in total. The zero-order valence-corrected chi connectivity index (χ0v) is 10.2. The number of nitrogens with one attached hydrogen (secondary N) is 1. The third-order valence-electron chi connectivity index (χ3n) is 2.47. The monoisotopic (exact) mass is 248 g/mol. The summed E-state index contributed by atoms with van der Waals surface area (Å²) < 4.78 is 0. The summed E-state index contributed by atoms with van der Waals surface area (Å²) in [5.41, 5.74) is 1.61. The molecule has 2 rings (SSSR count). The number of benzene rings is 1. The molecule has 0 aliphatic heterocycles. The van der Waals surface area contributed by atoms with Crippen molar-refractivity contribution < 1.29 is 4.92 Å². The Bertz CT molecular complexity index is 523. The van der Waals surface area contributed by atoms with Gasteiger partial charge in [-0.3, -0.25) is 10.1 Å². The van der Waals surface area contributed by atoms with Crippen LogP contribution in [0.3, 0.4) is 0 Å². The molecule has 1 heterocycles. The topological polar surface area (TPSA) is 55.2 Å². The Hall–Kier alpha value is -1.88. The van der Waals surface area contributed by atoms with Crippen molar-refractivity contribution in [3.63, 3.8) is 0 Å². The number of rotatable bonds is 4. The smallest absolute Gasteiger partial charge is 0.292 e. The highest BCUT2D eigenvalue weighted by Gasteiger charge is 2.14. The van der Waals surface area contributed by atoms with Gasteiger partial charge >= 0.3 is 0 Å². The number of hydrogen-bond acceptors (Lipinski definition) is 4. The van der Waals surface area contributed by atoms with Crippen molar-refractivity contribution in [2.24, 2.45) is 0 Å². The van der Waals surface area contributed by atoms with Gasteiger partial charge in [0.05, 0.1) is 4.92 Å². The summed E-state index contributed by atoms with van der Waals surface area (Å²) >= 11 is 1.63. The third kappa shape index (κ3) is 2.62. The van der Waals surface area contributed by atoms with Gasteiger partial charge in [-0.2, -0.15) is 0 Å². The first-order valence-corrected chi connectivity index (χ1v) is 6.06. The van der Waals surface area contributed by atoms with E-state index in [2.05, 4.69) is 5.32 Å². The summed E-state index contributed by atoms with van der Waals surface area (Å²) in [5, 5.41) is 16.0. The highest BCUT2D eigenvalue weighted by atomic mass is 32.1. The van der Waals surface area contributed by atoms with Crippen LogP contribution in [-0.4, -0.2) is 4.92 Å². The lowest BCUT2D eigenvalue weighted by Crippen LogP contribution is -2.03. The molecule has 0 radical (unpaired) electrons. The van der Waals surface area contributed by atoms with Gasteiger partial charge in [0.1, 0.15) is 5.69 Å². The van der Waals surface area contributed by atoms with Crippen LogP contribution in [0.1, 0.15) is 10.4 Å². The van der Waals surface area contributed by atoms with E-state index >= 15 is 0 Å². The molecule has 0 bridgehead atoms. The van der Waals surface area contributed by atoms with Crippen molar-refractivity contribution in [1.29, 1.82) is 0 Å². The van der Waals surface area contributed by atoms with Crippen LogP contribution in [0.25, 0.3) is 0 Å². The molecular formula is C12H12N2O2S. The van der Waals surface area contributed by atoms with Crippen LogP contribution in [0.4, 0.5) is 11.4 Å². The third-order valence-corrected chi connectivity index (χ3v) is 3.34. The summed E-state index contributed by atoms with van der Waals surface area (Å²) in [6.45, 7) is 2.48. The molecule has 0 saturated heterocycles. The van der Waals surface area contributed by atoms with Crippen molar-refractivity contribution in [2.75, 3.05) is 5.32 Å². The molecule has 0 fully saturated rings. The van der Waals surface area contributed by atoms with Crippen LogP contribution in [0.2, 0.25) is 0 Å². The van der Waals surface area contributed by atoms with Crippen LogP contribution >= 0.6 is 11.3 Å². The van der Waals surface area contributed by atoms with Gasteiger partial charge in [0.2, 0.25) is 0 Å². The number of anilines is 1. The fraction of sp³-hybridized carbons (Fsp3) is 0.167. The summed E-state index contributed by atoms with van der Waals surface area (Å²) in [6, 6.07) is 9.05. The number of aryl methyl sites for hydroxylation is 1. The summed E-state index contributed by atoms with van der Waals surface area (Å²) in [5.74, 6) is 0. The second kappa shape index (κ2) is 4.97. The lowest BCUT2D eigenvalue weighted by atomic mass is 10.1. The Kier molecular flexibility index (Phi) is 3.39. The van der Waals surface area contributed by atoms with Gasteiger partial charge in [0.15, 0.2) is 0 Å². The Morgan fingerprint density at radius 1 is 1.35 bits per heavy atom. The second-order valence-corrected chi connectivity index (χ2v) is 4.69. The van der Waals surface area contributed by atoms with Gasteiger partial charge in [-0.05, 0) is 23.9 Å². The molecule has 0 amide bonds. The van der Waals surface area contributed by atoms with E-state index < -0.39 is 0 Å². The van der Waals surface area contributed by atoms with Gasteiger partial charge in [0, 0.05) is 17.5 Å². The van der Waals surface area contributed by atoms with Crippen LogP contribution in [0.15, 0.2) is 35.7 Å². The van der Waals surface area contributed by atoms with Crippen molar-refractivity contribution in [3.8, 4) is 0 Å². The van der Waals surface area contributed by atoms with Gasteiger partial charge in [-0.15, -0.1) is 11.3 Å². The minimum Gasteiger partial charge on any atom is -0.374 e. The van der Waals surface area contributed by atoms with E-state index in [4.69, 9.17) is 0 Å². The lowest BCUT2D eigenvalue weighted by Gasteiger charge is -2.08. The summed E-state index contributed by atoms with van der Waals surface area (Å²) in [6.07, 6.45) is 0. The van der Waals surface area contributed by atoms with Crippen molar-refractivity contribution in [1.82, 2.24) is 0 Å². The number of nitrogens with zero attached hydrogens (tertiary/aromatic N) is 1. The predicted octanol–water partition coefficient (Wildman–Crippen LogP) is 3.58. The maximum absolute atomic E-state index is 10.9. The van der Waals surface area contributed by atoms with E-state index in [1.54, 1.807) is 17.4 Å². The molecule has 0 unspecified atom stereocenters. The molecular weight excluding hydrogens is 236 g/mol. The van der Waals surface area contributed by atoms with Crippen LogP contribution in [0, 0.1) is 17.0 Å². The molecule has 5 heteroatoms. The highest BCUT2D eigenvalue weighted by molar-refractivity contribution is 7.09. The van der Waals surface area contributed by atoms with Crippen molar-refractivity contribution in [2.45, 2.75) is 13.5 Å². The highest BCUT2D eigenvalue weighted by Crippen LogP contribution is 2.28. The van der Waals surface area contributed by atoms with E-state index in [-0.39, 0.29) is 10.6 Å². The Balaban J connectivity index is 2.22. The van der Waals surface area contributed by atoms with Crippen LogP contribution < -0.4 is 5.32 Å². The Morgan fingerprint density at radius 3 is 2.82 bits per heavy atom. The van der Waals surface area contributed by atoms with Crippen LogP contribution in [-0.2, 0) is 6.54 Å². The first-order valence-electron chi connectivity index (χ1n) is 5.19. The quantitative estimate of drug-likeness (QED) is 0.664. The molecule has 1 aromatic carbocycles. The Labute approximate surface area is 103 Å². The molecule has 0 atom stereocenters. The SMILES string of the molecule is Cc1cccc([N+](=O)[O-])c1NCc1cccs1. The molecule has 0 aliphatic carbocycles. The normalized spacial score (nSPS) is 10.2. The first kappa shape index (κ1) is 11.6. The van der Waals surface area contributed by atoms with Gasteiger partial charge in [-0.25, -0.2) is 0 Å². The minimum absolute atomic E-state index is 0.126. The average Bonchev–Trinajstić information content (AvgIpc) is 2.80. The zero-order chi connectivity index (χ0) is 12.3. The molecule has 0 spiro atoms. The Morgan fingerprint density at radius 2 is 2.18 bits per heavy atom. The molecule has 88 valence electrons. The molecule has 0 saturated carbocycles. The van der Waals surface area contributed by atoms with Gasteiger partial charge < -0.3 is 5.32 Å². The summed E-state index contributed by atoms with van der Waals surface area (Å²) in [7, 11) is 0. The van der Waals surface area contributed by atoms with E-state index in [0.717, 1.165) is 10.4 Å². The van der Waals surface area contributed by atoms with Gasteiger partial charge in [-0.1, -0.05) is 18.2 Å². The van der Waals surface area contributed by atoms with Crippen LogP contribution in [0.5, 0.6) is 0 Å². The maximum Gasteiger partial charge on any atom is 0.292 e. The summed E-state index contributed by atoms with van der Waals surface area (Å²) in [4.78, 5) is 11.7. The van der Waals surface area contributed by atoms with Gasteiger partial charge in [0.25, 0.3) is 5.69 Å². The molecule has 17 heavy (non-hydrogen) atoms. The van der Waals surface area contributed by atoms with E-state index in [9.17, 15) is 10.1 Å². The number of hydrogen-bond donors (Lipinski definition) is 1. The fourth-order valence-corrected chi connectivity index (χ4v) is 2.27. The average molecular weight is 248 g/mol. The first-order chi connectivity index (χ1) is 8.18. The standard InChI is InChI=1S/C12H12N2O2S/c1-9-4-2-6-11(14(15)16)12(9)13-8-10-5-3-7-17-10/h2-7,13H,8H2,1H3. The lowest BCUT2D eigenvalue weighted by molar-refractivity contribution is -0.384. The van der Waals surface area contributed by atoms with Crippen molar-refractivity contribution in [3.05, 3.63) is 56.3 Å². The van der Waals surface area contributed by atoms with E-state index in [0.29, 0.717) is 12.2 Å². The second-order valence-electron chi connectivity index (χ2n) is 3.66. The molecule has 1 aromatic heterocycles. The fourth-order valence-electron chi connectivity index (χ4n) is 1.62. The zero-order valence-electron chi connectivity index (χ0n) is 9.34. The number of thiophene rings is 1. The molecule has 4 nitrogen and oxygen atoms in total. The molecule has 2 aromatic rings. The largest absolute Gasteiger partial charge is 0.374 e. The van der Waals surface area contributed by atoms with Crippen molar-refractivity contribution >= 4 is 22.7 Å².